The average Bonchev–Trinajstić information content (AvgIpc) is 3.23. The molecule has 0 saturated heterocycles. The Balaban J connectivity index is 1.86. The van der Waals surface area contributed by atoms with Gasteiger partial charge in [0.05, 0.1) is 12.7 Å². The van der Waals surface area contributed by atoms with E-state index in [-0.39, 0.29) is 6.79 Å². The maximum atomic E-state index is 5.44. The molecule has 0 amide bonds. The van der Waals surface area contributed by atoms with Crippen LogP contribution in [0.25, 0.3) is 22.4 Å². The van der Waals surface area contributed by atoms with Crippen LogP contribution in [0.1, 0.15) is 0 Å². The van der Waals surface area contributed by atoms with Crippen LogP contribution in [0, 0.1) is 0 Å². The molecule has 0 aliphatic carbocycles. The third kappa shape index (κ3) is 1.95. The van der Waals surface area contributed by atoms with Crippen LogP contribution in [0.4, 0.5) is 0 Å². The monoisotopic (exact) mass is 297 g/mol. The molecular weight excluding hydrogens is 286 g/mol. The second kappa shape index (κ2) is 5.03. The molecule has 0 atom stereocenters. The number of hydrogen-bond donors (Lipinski definition) is 0. The van der Waals surface area contributed by atoms with Crippen LogP contribution in [0.3, 0.4) is 0 Å². The number of fused-ring (bicyclic) bond motifs is 1. The summed E-state index contributed by atoms with van der Waals surface area (Å²) in [6.07, 6.45) is 6.44. The third-order valence-electron chi connectivity index (χ3n) is 3.37. The second-order valence-electron chi connectivity index (χ2n) is 4.62. The Morgan fingerprint density at radius 3 is 2.77 bits per heavy atom. The van der Waals surface area contributed by atoms with Gasteiger partial charge < -0.3 is 18.7 Å². The molecule has 1 aliphatic rings. The molecule has 0 fully saturated rings. The Morgan fingerprint density at radius 2 is 1.95 bits per heavy atom. The van der Waals surface area contributed by atoms with Crippen LogP contribution in [0.5, 0.6) is 17.2 Å². The highest BCUT2D eigenvalue weighted by Crippen LogP contribution is 2.45. The van der Waals surface area contributed by atoms with E-state index >= 15 is 0 Å². The Kier molecular flexibility index (Phi) is 2.89. The molecule has 0 bridgehead atoms. The van der Waals surface area contributed by atoms with Crippen molar-refractivity contribution >= 4 is 0 Å². The molecule has 0 N–H and O–H groups in total. The largest absolute Gasteiger partial charge is 0.493 e. The van der Waals surface area contributed by atoms with Crippen LogP contribution < -0.4 is 14.2 Å². The normalized spacial score (nSPS) is 12.4. The van der Waals surface area contributed by atoms with E-state index in [1.807, 2.05) is 12.1 Å². The SMILES string of the molecule is COc1cc(-c2nocc2-c2cncnc2)cc2c1OCO2. The van der Waals surface area contributed by atoms with Gasteiger partial charge in [0.1, 0.15) is 18.3 Å². The van der Waals surface area contributed by atoms with E-state index in [2.05, 4.69) is 15.1 Å². The average molecular weight is 297 g/mol. The molecule has 0 unspecified atom stereocenters. The molecule has 3 aromatic rings. The van der Waals surface area contributed by atoms with E-state index in [9.17, 15) is 0 Å². The first kappa shape index (κ1) is 12.6. The number of methoxy groups -OCH3 is 1. The summed E-state index contributed by atoms with van der Waals surface area (Å²) in [6.45, 7) is 0.174. The van der Waals surface area contributed by atoms with Gasteiger partial charge in [-0.1, -0.05) is 5.16 Å². The zero-order chi connectivity index (χ0) is 14.9. The Bertz CT molecular complexity index is 817. The molecule has 0 saturated carbocycles. The highest BCUT2D eigenvalue weighted by Gasteiger charge is 2.23. The highest BCUT2D eigenvalue weighted by atomic mass is 16.7. The van der Waals surface area contributed by atoms with E-state index in [0.29, 0.717) is 22.9 Å². The van der Waals surface area contributed by atoms with Gasteiger partial charge in [0.2, 0.25) is 12.5 Å². The zero-order valence-corrected chi connectivity index (χ0v) is 11.6. The summed E-state index contributed by atoms with van der Waals surface area (Å²) < 4.78 is 21.3. The quantitative estimate of drug-likeness (QED) is 0.734. The zero-order valence-electron chi connectivity index (χ0n) is 11.6. The van der Waals surface area contributed by atoms with Crippen molar-refractivity contribution in [2.75, 3.05) is 13.9 Å². The molecule has 0 spiro atoms. The van der Waals surface area contributed by atoms with Gasteiger partial charge in [0.25, 0.3) is 0 Å². The van der Waals surface area contributed by atoms with Crippen LogP contribution in [0.15, 0.2) is 41.6 Å². The lowest BCUT2D eigenvalue weighted by molar-refractivity contribution is 0.171. The summed E-state index contributed by atoms with van der Waals surface area (Å²) in [7, 11) is 1.58. The Hall–Kier alpha value is -3.09. The van der Waals surface area contributed by atoms with Crippen molar-refractivity contribution in [2.45, 2.75) is 0 Å². The molecule has 7 heteroatoms. The number of nitrogens with zero attached hydrogens (tertiary/aromatic N) is 3. The number of aromatic nitrogens is 3. The van der Waals surface area contributed by atoms with Crippen LogP contribution in [-0.2, 0) is 0 Å². The molecule has 7 nitrogen and oxygen atoms in total. The molecule has 0 radical (unpaired) electrons. The molecule has 3 heterocycles. The molecule has 2 aromatic heterocycles. The lowest BCUT2D eigenvalue weighted by atomic mass is 10.0. The molecule has 22 heavy (non-hydrogen) atoms. The fraction of sp³-hybridized carbons (Fsp3) is 0.133. The smallest absolute Gasteiger partial charge is 0.231 e. The van der Waals surface area contributed by atoms with Gasteiger partial charge in [0.15, 0.2) is 11.5 Å². The minimum Gasteiger partial charge on any atom is -0.493 e. The highest BCUT2D eigenvalue weighted by molar-refractivity contribution is 5.81. The van der Waals surface area contributed by atoms with Gasteiger partial charge in [-0.3, -0.25) is 0 Å². The van der Waals surface area contributed by atoms with Crippen LogP contribution >= 0.6 is 0 Å². The summed E-state index contributed by atoms with van der Waals surface area (Å²) in [4.78, 5) is 8.03. The van der Waals surface area contributed by atoms with Crippen molar-refractivity contribution in [2.24, 2.45) is 0 Å². The van der Waals surface area contributed by atoms with Crippen molar-refractivity contribution < 1.29 is 18.7 Å². The van der Waals surface area contributed by atoms with Gasteiger partial charge in [-0.25, -0.2) is 9.97 Å². The summed E-state index contributed by atoms with van der Waals surface area (Å²) in [5.74, 6) is 1.80. The van der Waals surface area contributed by atoms with Crippen molar-refractivity contribution in [1.29, 1.82) is 0 Å². The molecule has 4 rings (SSSR count). The van der Waals surface area contributed by atoms with E-state index in [1.54, 1.807) is 25.8 Å². The number of ether oxygens (including phenoxy) is 3. The first-order chi connectivity index (χ1) is 10.9. The van der Waals surface area contributed by atoms with E-state index in [1.165, 1.54) is 6.33 Å². The minimum absolute atomic E-state index is 0.174. The standard InChI is InChI=1S/C15H11N3O4/c1-19-12-2-9(3-13-15(12)21-8-20-13)14-11(6-22-18-14)10-4-16-7-17-5-10/h2-7H,8H2,1H3. The number of hydrogen-bond acceptors (Lipinski definition) is 7. The minimum atomic E-state index is 0.174. The summed E-state index contributed by atoms with van der Waals surface area (Å²) in [5, 5.41) is 4.08. The first-order valence-electron chi connectivity index (χ1n) is 6.54. The topological polar surface area (TPSA) is 79.5 Å². The van der Waals surface area contributed by atoms with Crippen molar-refractivity contribution in [1.82, 2.24) is 15.1 Å². The molecule has 110 valence electrons. The Morgan fingerprint density at radius 1 is 1.09 bits per heavy atom. The van der Waals surface area contributed by atoms with E-state index in [4.69, 9.17) is 18.7 Å². The maximum Gasteiger partial charge on any atom is 0.231 e. The maximum absolute atomic E-state index is 5.44. The van der Waals surface area contributed by atoms with Gasteiger partial charge in [-0.05, 0) is 12.1 Å². The summed E-state index contributed by atoms with van der Waals surface area (Å²) in [5.41, 5.74) is 3.07. The van der Waals surface area contributed by atoms with Crippen molar-refractivity contribution in [3.8, 4) is 39.6 Å². The molecule has 1 aliphatic heterocycles. The van der Waals surface area contributed by atoms with Gasteiger partial charge in [0, 0.05) is 23.5 Å². The second-order valence-corrected chi connectivity index (χ2v) is 4.62. The molecule has 1 aromatic carbocycles. The van der Waals surface area contributed by atoms with Gasteiger partial charge >= 0.3 is 0 Å². The predicted octanol–water partition coefficient (Wildman–Crippen LogP) is 2.54. The number of benzene rings is 1. The lowest BCUT2D eigenvalue weighted by Crippen LogP contribution is -1.93. The van der Waals surface area contributed by atoms with Crippen LogP contribution in [-0.4, -0.2) is 29.0 Å². The summed E-state index contributed by atoms with van der Waals surface area (Å²) >= 11 is 0. The fourth-order valence-corrected chi connectivity index (χ4v) is 2.35. The first-order valence-corrected chi connectivity index (χ1v) is 6.54. The van der Waals surface area contributed by atoms with Crippen molar-refractivity contribution in [3.63, 3.8) is 0 Å². The third-order valence-corrected chi connectivity index (χ3v) is 3.37. The fourth-order valence-electron chi connectivity index (χ4n) is 2.35. The molecular formula is C15H11N3O4. The predicted molar refractivity (Wildman–Crippen MR) is 75.6 cm³/mol. The lowest BCUT2D eigenvalue weighted by Gasteiger charge is -2.07. The van der Waals surface area contributed by atoms with Crippen molar-refractivity contribution in [3.05, 3.63) is 37.1 Å². The number of rotatable bonds is 3. The van der Waals surface area contributed by atoms with E-state index in [0.717, 1.165) is 16.7 Å². The Labute approximate surface area is 125 Å². The van der Waals surface area contributed by atoms with Crippen LogP contribution in [0.2, 0.25) is 0 Å². The van der Waals surface area contributed by atoms with Gasteiger partial charge in [-0.2, -0.15) is 0 Å². The summed E-state index contributed by atoms with van der Waals surface area (Å²) in [6, 6.07) is 3.68. The van der Waals surface area contributed by atoms with Gasteiger partial charge in [-0.15, -0.1) is 0 Å². The van der Waals surface area contributed by atoms with E-state index < -0.39 is 0 Å².